The largest absolute Gasteiger partial charge is 0.513 e. The van der Waals surface area contributed by atoms with E-state index >= 15 is 0 Å². The topological polar surface area (TPSA) is 116 Å². The lowest BCUT2D eigenvalue weighted by Crippen LogP contribution is -2.23. The molecule has 0 bridgehead atoms. The van der Waals surface area contributed by atoms with Gasteiger partial charge >= 0.3 is 5.97 Å². The molecule has 0 atom stereocenters. The van der Waals surface area contributed by atoms with Crippen molar-refractivity contribution in [3.05, 3.63) is 12.3 Å². The van der Waals surface area contributed by atoms with Crippen LogP contribution in [0.2, 0.25) is 0 Å². The van der Waals surface area contributed by atoms with Gasteiger partial charge in [-0.1, -0.05) is 83.6 Å². The number of carboxylic acid groups (broad SMARTS) is 1. The molecule has 7 heteroatoms. The summed E-state index contributed by atoms with van der Waals surface area (Å²) in [5, 5.41) is 23.6. The quantitative estimate of drug-likeness (QED) is 0.0704. The monoisotopic (exact) mass is 510 g/mol. The third-order valence-corrected chi connectivity index (χ3v) is 6.41. The molecule has 0 fully saturated rings. The Labute approximate surface area is 219 Å². The zero-order chi connectivity index (χ0) is 26.7. The molecule has 0 aromatic heterocycles. The number of allylic oxidation sites excluding steroid dienone is 1. The molecule has 0 radical (unpaired) electrons. The SMILES string of the molecule is C=C(O)CCCCCCCNC(=O)CCCCCCCCCCC(=O)NCCCCCCCC(=O)O. The normalized spacial score (nSPS) is 10.8. The zero-order valence-electron chi connectivity index (χ0n) is 22.8. The highest BCUT2D eigenvalue weighted by Gasteiger charge is 2.03. The number of carbonyl (C=O) groups is 3. The Morgan fingerprint density at radius 3 is 1.11 bits per heavy atom. The first-order valence-corrected chi connectivity index (χ1v) is 14.5. The van der Waals surface area contributed by atoms with Gasteiger partial charge in [0.2, 0.25) is 11.8 Å². The van der Waals surface area contributed by atoms with Crippen LogP contribution in [-0.2, 0) is 14.4 Å². The summed E-state index contributed by atoms with van der Waals surface area (Å²) in [7, 11) is 0. The van der Waals surface area contributed by atoms with E-state index in [1.807, 2.05) is 0 Å². The van der Waals surface area contributed by atoms with E-state index in [1.165, 1.54) is 25.7 Å². The number of rotatable bonds is 27. The third kappa shape index (κ3) is 28.2. The highest BCUT2D eigenvalue weighted by molar-refractivity contribution is 5.76. The van der Waals surface area contributed by atoms with Crippen LogP contribution in [0.4, 0.5) is 0 Å². The molecule has 0 aliphatic carbocycles. The second-order valence-electron chi connectivity index (χ2n) is 10.0. The van der Waals surface area contributed by atoms with Crippen molar-refractivity contribution in [1.82, 2.24) is 10.6 Å². The van der Waals surface area contributed by atoms with Crippen molar-refractivity contribution in [3.8, 4) is 0 Å². The van der Waals surface area contributed by atoms with Crippen molar-refractivity contribution < 1.29 is 24.6 Å². The van der Waals surface area contributed by atoms with Crippen LogP contribution in [0.3, 0.4) is 0 Å². The van der Waals surface area contributed by atoms with E-state index in [1.54, 1.807) is 0 Å². The summed E-state index contributed by atoms with van der Waals surface area (Å²) in [6, 6.07) is 0. The standard InChI is InChI=1S/C29H54N2O5/c1-26(32)20-14-8-6-12-18-24-30-27(33)21-15-9-4-2-3-5-10-16-22-28(34)31-25-19-13-7-11-17-23-29(35)36/h32H,1-25H2,(H,30,33)(H,31,34)(H,35,36). The van der Waals surface area contributed by atoms with Gasteiger partial charge in [-0.2, -0.15) is 0 Å². The summed E-state index contributed by atoms with van der Waals surface area (Å²) in [5.41, 5.74) is 0. The second-order valence-corrected chi connectivity index (χ2v) is 10.0. The Morgan fingerprint density at radius 2 is 0.750 bits per heavy atom. The number of unbranched alkanes of at least 4 members (excludes halogenated alkanes) is 15. The van der Waals surface area contributed by atoms with Crippen molar-refractivity contribution >= 4 is 17.8 Å². The number of carboxylic acids is 1. The van der Waals surface area contributed by atoms with Crippen LogP contribution < -0.4 is 10.6 Å². The number of hydrogen-bond acceptors (Lipinski definition) is 4. The van der Waals surface area contributed by atoms with E-state index in [9.17, 15) is 14.4 Å². The van der Waals surface area contributed by atoms with Crippen molar-refractivity contribution in [2.24, 2.45) is 0 Å². The molecule has 0 spiro atoms. The summed E-state index contributed by atoms with van der Waals surface area (Å²) in [6.07, 6.45) is 21.1. The Hall–Kier alpha value is -2.05. The molecule has 0 unspecified atom stereocenters. The van der Waals surface area contributed by atoms with Crippen LogP contribution in [0, 0.1) is 0 Å². The first-order valence-electron chi connectivity index (χ1n) is 14.5. The molecular weight excluding hydrogens is 456 g/mol. The molecule has 0 aliphatic rings. The van der Waals surface area contributed by atoms with E-state index in [0.717, 1.165) is 103 Å². The third-order valence-electron chi connectivity index (χ3n) is 6.41. The minimum absolute atomic E-state index is 0.142. The van der Waals surface area contributed by atoms with Gasteiger partial charge in [0, 0.05) is 38.8 Å². The lowest BCUT2D eigenvalue weighted by atomic mass is 10.1. The van der Waals surface area contributed by atoms with E-state index in [-0.39, 0.29) is 24.0 Å². The highest BCUT2D eigenvalue weighted by Crippen LogP contribution is 2.11. The van der Waals surface area contributed by atoms with E-state index < -0.39 is 5.97 Å². The molecule has 2 amide bonds. The first kappa shape index (κ1) is 34.0. The van der Waals surface area contributed by atoms with Gasteiger partial charge in [-0.15, -0.1) is 0 Å². The number of hydrogen-bond donors (Lipinski definition) is 4. The highest BCUT2D eigenvalue weighted by atomic mass is 16.4. The fourth-order valence-corrected chi connectivity index (χ4v) is 4.18. The number of nitrogens with one attached hydrogen (secondary N) is 2. The molecule has 0 saturated carbocycles. The van der Waals surface area contributed by atoms with E-state index in [0.29, 0.717) is 19.3 Å². The lowest BCUT2D eigenvalue weighted by molar-refractivity contribution is -0.137. The number of aliphatic carboxylic acids is 1. The zero-order valence-corrected chi connectivity index (χ0v) is 22.8. The Morgan fingerprint density at radius 1 is 0.444 bits per heavy atom. The molecule has 0 aromatic carbocycles. The molecule has 7 nitrogen and oxygen atoms in total. The molecule has 36 heavy (non-hydrogen) atoms. The van der Waals surface area contributed by atoms with Crippen LogP contribution in [0.25, 0.3) is 0 Å². The minimum Gasteiger partial charge on any atom is -0.513 e. The van der Waals surface area contributed by atoms with E-state index in [2.05, 4.69) is 17.2 Å². The van der Waals surface area contributed by atoms with Crippen molar-refractivity contribution in [1.29, 1.82) is 0 Å². The van der Waals surface area contributed by atoms with Crippen LogP contribution in [0.15, 0.2) is 12.3 Å². The number of carbonyl (C=O) groups excluding carboxylic acids is 2. The smallest absolute Gasteiger partial charge is 0.303 e. The van der Waals surface area contributed by atoms with Gasteiger partial charge < -0.3 is 20.8 Å². The van der Waals surface area contributed by atoms with Gasteiger partial charge in [0.1, 0.15) is 0 Å². The average Bonchev–Trinajstić information content (AvgIpc) is 2.83. The molecule has 0 aliphatic heterocycles. The maximum Gasteiger partial charge on any atom is 0.303 e. The van der Waals surface area contributed by atoms with Crippen LogP contribution in [-0.4, -0.2) is 41.1 Å². The second kappa shape index (κ2) is 26.0. The van der Waals surface area contributed by atoms with Crippen LogP contribution in [0.1, 0.15) is 141 Å². The van der Waals surface area contributed by atoms with E-state index in [4.69, 9.17) is 10.2 Å². The Bertz CT molecular complexity index is 530. The summed E-state index contributed by atoms with van der Waals surface area (Å²) in [6.45, 7) is 4.97. The Kier molecular flexibility index (Phi) is 24.5. The summed E-state index contributed by atoms with van der Waals surface area (Å²) in [5.74, 6) is -0.146. The lowest BCUT2D eigenvalue weighted by Gasteiger charge is -2.06. The van der Waals surface area contributed by atoms with Gasteiger partial charge in [-0.3, -0.25) is 14.4 Å². The predicted octanol–water partition coefficient (Wildman–Crippen LogP) is 6.96. The number of aliphatic hydroxyl groups excluding tert-OH is 1. The van der Waals surface area contributed by atoms with Gasteiger partial charge in [-0.05, 0) is 38.5 Å². The molecule has 4 N–H and O–H groups in total. The summed E-state index contributed by atoms with van der Waals surface area (Å²) < 4.78 is 0. The molecule has 0 aromatic rings. The molecule has 0 heterocycles. The fourth-order valence-electron chi connectivity index (χ4n) is 4.18. The van der Waals surface area contributed by atoms with Gasteiger partial charge in [0.15, 0.2) is 0 Å². The van der Waals surface area contributed by atoms with Crippen molar-refractivity contribution in [2.45, 2.75) is 141 Å². The van der Waals surface area contributed by atoms with Crippen molar-refractivity contribution in [3.63, 3.8) is 0 Å². The fraction of sp³-hybridized carbons (Fsp3) is 0.828. The van der Waals surface area contributed by atoms with Gasteiger partial charge in [0.05, 0.1) is 5.76 Å². The first-order chi connectivity index (χ1) is 17.4. The van der Waals surface area contributed by atoms with Gasteiger partial charge in [0.25, 0.3) is 0 Å². The average molecular weight is 511 g/mol. The summed E-state index contributed by atoms with van der Waals surface area (Å²) in [4.78, 5) is 34.2. The number of aliphatic hydroxyl groups is 1. The maximum absolute atomic E-state index is 11.9. The predicted molar refractivity (Wildman–Crippen MR) is 147 cm³/mol. The van der Waals surface area contributed by atoms with Crippen molar-refractivity contribution in [2.75, 3.05) is 13.1 Å². The molecular formula is C29H54N2O5. The maximum atomic E-state index is 11.9. The minimum atomic E-state index is -0.726. The van der Waals surface area contributed by atoms with Crippen LogP contribution >= 0.6 is 0 Å². The van der Waals surface area contributed by atoms with Crippen LogP contribution in [0.5, 0.6) is 0 Å². The Balaban J connectivity index is 3.27. The number of amides is 2. The molecule has 0 rings (SSSR count). The summed E-state index contributed by atoms with van der Waals surface area (Å²) >= 11 is 0. The molecule has 0 saturated heterocycles. The molecule has 210 valence electrons. The van der Waals surface area contributed by atoms with Gasteiger partial charge in [-0.25, -0.2) is 0 Å².